The van der Waals surface area contributed by atoms with Crippen molar-refractivity contribution in [2.24, 2.45) is 0 Å². The summed E-state index contributed by atoms with van der Waals surface area (Å²) in [6.45, 7) is 11.6. The number of rotatable bonds is 8. The first-order valence-electron chi connectivity index (χ1n) is 11.3. The summed E-state index contributed by atoms with van der Waals surface area (Å²) in [5, 5.41) is 2.46. The number of benzene rings is 2. The van der Waals surface area contributed by atoms with Crippen LogP contribution in [-0.2, 0) is 4.43 Å². The van der Waals surface area contributed by atoms with Gasteiger partial charge in [-0.25, -0.2) is 4.98 Å². The van der Waals surface area contributed by atoms with Gasteiger partial charge >= 0.3 is 0 Å². The molecule has 0 fully saturated rings. The van der Waals surface area contributed by atoms with Crippen molar-refractivity contribution in [1.82, 2.24) is 9.97 Å². The molecule has 32 heavy (non-hydrogen) atoms. The third kappa shape index (κ3) is 4.71. The number of nitrogens with zero attached hydrogens (tertiary/aromatic N) is 2. The molecule has 170 valence electrons. The average molecular weight is 449 g/mol. The number of nitrogen functional groups attached to an aromatic ring is 2. The maximum Gasteiger partial charge on any atom is 0.261 e. The fourth-order valence-electron chi connectivity index (χ4n) is 4.78. The molecule has 0 saturated heterocycles. The summed E-state index contributed by atoms with van der Waals surface area (Å²) in [6.07, 6.45) is 1.95. The first-order valence-corrected chi connectivity index (χ1v) is 13.3. The highest BCUT2D eigenvalue weighted by Gasteiger charge is 2.50. The molecule has 5 nitrogen and oxygen atoms in total. The van der Waals surface area contributed by atoms with Gasteiger partial charge in [0.15, 0.2) is 0 Å². The SMILES string of the molecule is CCCC(CO[Si](c1ccccc1)(c1ccccc1)C(C)(C)C)c1c(C)nc(N)nc1N. The van der Waals surface area contributed by atoms with Gasteiger partial charge in [-0.2, -0.15) is 4.98 Å². The Morgan fingerprint density at radius 2 is 1.44 bits per heavy atom. The van der Waals surface area contributed by atoms with E-state index in [0.29, 0.717) is 12.4 Å². The van der Waals surface area contributed by atoms with Gasteiger partial charge in [-0.15, -0.1) is 0 Å². The summed E-state index contributed by atoms with van der Waals surface area (Å²) in [7, 11) is -2.63. The first kappa shape index (κ1) is 23.9. The lowest BCUT2D eigenvalue weighted by molar-refractivity contribution is 0.264. The van der Waals surface area contributed by atoms with E-state index in [9.17, 15) is 0 Å². The Bertz CT molecular complexity index is 956. The molecule has 0 aliphatic rings. The standard InChI is InChI=1S/C26H36N4OSi/c1-6-13-20(23-19(2)29-25(28)30-24(23)27)18-31-32(26(3,4)5,21-14-9-7-10-15-21)22-16-11-8-12-17-22/h7-12,14-17,20H,6,13,18H2,1-5H3,(H4,27,28,29,30). The van der Waals surface area contributed by atoms with Gasteiger partial charge in [-0.1, -0.05) is 94.8 Å². The predicted octanol–water partition coefficient (Wildman–Crippen LogP) is 4.41. The van der Waals surface area contributed by atoms with Crippen LogP contribution in [0.25, 0.3) is 0 Å². The van der Waals surface area contributed by atoms with Gasteiger partial charge in [0.25, 0.3) is 8.32 Å². The molecule has 2 aromatic carbocycles. The zero-order valence-electron chi connectivity index (χ0n) is 19.9. The minimum Gasteiger partial charge on any atom is -0.407 e. The fourth-order valence-corrected chi connectivity index (χ4v) is 9.38. The summed E-state index contributed by atoms with van der Waals surface area (Å²) in [4.78, 5) is 8.64. The second kappa shape index (κ2) is 9.84. The van der Waals surface area contributed by atoms with Crippen molar-refractivity contribution < 1.29 is 4.43 Å². The third-order valence-corrected chi connectivity index (χ3v) is 11.2. The maximum absolute atomic E-state index is 7.17. The molecule has 6 heteroatoms. The highest BCUT2D eigenvalue weighted by molar-refractivity contribution is 6.99. The molecule has 3 rings (SSSR count). The van der Waals surface area contributed by atoms with E-state index < -0.39 is 8.32 Å². The van der Waals surface area contributed by atoms with Crippen molar-refractivity contribution in [3.05, 3.63) is 71.9 Å². The van der Waals surface area contributed by atoms with Crippen LogP contribution in [0, 0.1) is 6.92 Å². The molecule has 0 radical (unpaired) electrons. The number of hydrogen-bond donors (Lipinski definition) is 2. The summed E-state index contributed by atoms with van der Waals surface area (Å²) >= 11 is 0. The summed E-state index contributed by atoms with van der Waals surface area (Å²) in [5.41, 5.74) is 13.9. The molecular formula is C26H36N4OSi. The average Bonchev–Trinajstić information content (AvgIpc) is 2.74. The number of nitrogens with two attached hydrogens (primary N) is 2. The Morgan fingerprint density at radius 1 is 0.906 bits per heavy atom. The van der Waals surface area contributed by atoms with Crippen LogP contribution in [-0.4, -0.2) is 24.9 Å². The lowest BCUT2D eigenvalue weighted by Crippen LogP contribution is -2.66. The zero-order chi connectivity index (χ0) is 23.4. The van der Waals surface area contributed by atoms with Crippen molar-refractivity contribution in [1.29, 1.82) is 0 Å². The van der Waals surface area contributed by atoms with Crippen molar-refractivity contribution >= 4 is 30.5 Å². The van der Waals surface area contributed by atoms with Gasteiger partial charge in [-0.3, -0.25) is 0 Å². The van der Waals surface area contributed by atoms with E-state index >= 15 is 0 Å². The summed E-state index contributed by atoms with van der Waals surface area (Å²) in [6, 6.07) is 21.4. The molecule has 0 aliphatic heterocycles. The number of anilines is 2. The van der Waals surface area contributed by atoms with Crippen molar-refractivity contribution in [3.8, 4) is 0 Å². The number of aromatic nitrogens is 2. The van der Waals surface area contributed by atoms with E-state index in [1.54, 1.807) is 0 Å². The highest BCUT2D eigenvalue weighted by atomic mass is 28.4. The molecule has 0 aliphatic carbocycles. The molecule has 1 atom stereocenters. The first-order chi connectivity index (χ1) is 15.2. The number of aryl methyl sites for hydroxylation is 1. The van der Waals surface area contributed by atoms with Gasteiger partial charge < -0.3 is 15.9 Å². The Kier molecular flexibility index (Phi) is 7.36. The minimum absolute atomic E-state index is 0.0787. The Labute approximate surface area is 193 Å². The van der Waals surface area contributed by atoms with Gasteiger partial charge in [-0.05, 0) is 28.8 Å². The normalized spacial score (nSPS) is 13.2. The van der Waals surface area contributed by atoms with Gasteiger partial charge in [0.1, 0.15) is 5.82 Å². The molecule has 3 aromatic rings. The molecule has 1 unspecified atom stereocenters. The van der Waals surface area contributed by atoms with Crippen LogP contribution >= 0.6 is 0 Å². The van der Waals surface area contributed by atoms with E-state index in [1.807, 2.05) is 6.92 Å². The van der Waals surface area contributed by atoms with E-state index in [1.165, 1.54) is 10.4 Å². The molecule has 0 saturated carbocycles. The number of hydrogen-bond acceptors (Lipinski definition) is 5. The monoisotopic (exact) mass is 448 g/mol. The second-order valence-corrected chi connectivity index (χ2v) is 13.7. The highest BCUT2D eigenvalue weighted by Crippen LogP contribution is 2.38. The van der Waals surface area contributed by atoms with E-state index in [4.69, 9.17) is 15.9 Å². The van der Waals surface area contributed by atoms with Crippen LogP contribution in [0.3, 0.4) is 0 Å². The largest absolute Gasteiger partial charge is 0.407 e. The smallest absolute Gasteiger partial charge is 0.261 e. The van der Waals surface area contributed by atoms with Crippen LogP contribution in [0.1, 0.15) is 57.7 Å². The molecule has 1 aromatic heterocycles. The van der Waals surface area contributed by atoms with Crippen LogP contribution in [0.5, 0.6) is 0 Å². The van der Waals surface area contributed by atoms with Crippen LogP contribution in [0.15, 0.2) is 60.7 Å². The van der Waals surface area contributed by atoms with Crippen LogP contribution in [0.4, 0.5) is 11.8 Å². The summed E-state index contributed by atoms with van der Waals surface area (Å²) in [5.74, 6) is 0.772. The van der Waals surface area contributed by atoms with Crippen molar-refractivity contribution in [2.75, 3.05) is 18.1 Å². The van der Waals surface area contributed by atoms with E-state index in [2.05, 4.69) is 98.3 Å². The lowest BCUT2D eigenvalue weighted by Gasteiger charge is -2.43. The molecule has 0 spiro atoms. The molecule has 4 N–H and O–H groups in total. The van der Waals surface area contributed by atoms with E-state index in [-0.39, 0.29) is 16.9 Å². The third-order valence-electron chi connectivity index (χ3n) is 6.15. The van der Waals surface area contributed by atoms with Gasteiger partial charge in [0.05, 0.1) is 0 Å². The van der Waals surface area contributed by atoms with Crippen LogP contribution in [0.2, 0.25) is 5.04 Å². The van der Waals surface area contributed by atoms with Crippen molar-refractivity contribution in [2.45, 2.75) is 58.4 Å². The molecular weight excluding hydrogens is 412 g/mol. The summed E-state index contributed by atoms with van der Waals surface area (Å²) < 4.78 is 7.17. The topological polar surface area (TPSA) is 87.0 Å². The quantitative estimate of drug-likeness (QED) is 0.499. The zero-order valence-corrected chi connectivity index (χ0v) is 20.9. The van der Waals surface area contributed by atoms with E-state index in [0.717, 1.165) is 24.1 Å². The molecule has 1 heterocycles. The second-order valence-electron chi connectivity index (χ2n) is 9.43. The predicted molar refractivity (Wildman–Crippen MR) is 137 cm³/mol. The van der Waals surface area contributed by atoms with Gasteiger partial charge in [0.2, 0.25) is 5.95 Å². The van der Waals surface area contributed by atoms with Crippen molar-refractivity contribution in [3.63, 3.8) is 0 Å². The molecule has 0 bridgehead atoms. The Balaban J connectivity index is 2.11. The van der Waals surface area contributed by atoms with Gasteiger partial charge in [0, 0.05) is 23.8 Å². The Hall–Kier alpha value is -2.70. The minimum atomic E-state index is -2.63. The molecule has 0 amide bonds. The lowest BCUT2D eigenvalue weighted by atomic mass is 9.94. The Morgan fingerprint density at radius 3 is 1.88 bits per heavy atom. The van der Waals surface area contributed by atoms with Crippen LogP contribution < -0.4 is 21.8 Å². The fraction of sp³-hybridized carbons (Fsp3) is 0.385. The maximum atomic E-state index is 7.17.